The Morgan fingerprint density at radius 1 is 1.37 bits per heavy atom. The van der Waals surface area contributed by atoms with E-state index in [0.29, 0.717) is 23.7 Å². The molecule has 8 nitrogen and oxygen atoms in total. The third-order valence-electron chi connectivity index (χ3n) is 4.72. The molecule has 1 aliphatic carbocycles. The molecule has 2 aromatic heterocycles. The Hall–Kier alpha value is -2.72. The molecule has 0 bridgehead atoms. The van der Waals surface area contributed by atoms with Crippen LogP contribution in [0.4, 0.5) is 15.8 Å². The van der Waals surface area contributed by atoms with E-state index in [1.807, 2.05) is 0 Å². The Bertz CT molecular complexity index is 1240. The van der Waals surface area contributed by atoms with Crippen molar-refractivity contribution in [3.63, 3.8) is 0 Å². The molecule has 3 N–H and O–H groups in total. The Morgan fingerprint density at radius 3 is 2.83 bits per heavy atom. The zero-order valence-corrected chi connectivity index (χ0v) is 17.6. The number of rotatable bonds is 7. The Balaban J connectivity index is 1.62. The van der Waals surface area contributed by atoms with Crippen LogP contribution in [-0.4, -0.2) is 35.3 Å². The van der Waals surface area contributed by atoms with Crippen molar-refractivity contribution in [2.24, 2.45) is 0 Å². The number of sulfonamides is 1. The van der Waals surface area contributed by atoms with Gasteiger partial charge in [0.2, 0.25) is 10.0 Å². The predicted molar refractivity (Wildman–Crippen MR) is 113 cm³/mol. The predicted octanol–water partition coefficient (Wildman–Crippen LogP) is 4.03. The van der Waals surface area contributed by atoms with Crippen LogP contribution in [0.3, 0.4) is 0 Å². The number of H-pyrrole nitrogens is 1. The standard InChI is InChI=1S/C19H19ClFN5O3S/c1-2-7-30(28,29)26-14-6-5-13(21)15(16(14)20)19(27)23-11-8-12-17(10-3-4-10)24-25-18(12)22-9-11/h5-6,8-10,26H,2-4,7H2,1H3,(H,23,27)(H,22,24,25). The van der Waals surface area contributed by atoms with Crippen LogP contribution in [0.1, 0.15) is 48.2 Å². The lowest BCUT2D eigenvalue weighted by Gasteiger charge is -2.13. The van der Waals surface area contributed by atoms with Gasteiger partial charge in [0.1, 0.15) is 5.82 Å². The molecule has 1 amide bonds. The lowest BCUT2D eigenvalue weighted by Crippen LogP contribution is -2.19. The van der Waals surface area contributed by atoms with Gasteiger partial charge in [-0.05, 0) is 37.5 Å². The monoisotopic (exact) mass is 451 g/mol. The van der Waals surface area contributed by atoms with Crippen LogP contribution >= 0.6 is 11.6 Å². The van der Waals surface area contributed by atoms with Gasteiger partial charge in [-0.1, -0.05) is 18.5 Å². The molecule has 11 heteroatoms. The molecule has 30 heavy (non-hydrogen) atoms. The molecule has 4 rings (SSSR count). The maximum atomic E-state index is 14.4. The van der Waals surface area contributed by atoms with Crippen molar-refractivity contribution in [1.29, 1.82) is 0 Å². The maximum Gasteiger partial charge on any atom is 0.260 e. The van der Waals surface area contributed by atoms with Crippen LogP contribution in [0.25, 0.3) is 11.0 Å². The number of aromatic nitrogens is 3. The molecule has 0 saturated heterocycles. The summed E-state index contributed by atoms with van der Waals surface area (Å²) in [5.74, 6) is -1.42. The smallest absolute Gasteiger partial charge is 0.260 e. The first-order valence-corrected chi connectivity index (χ1v) is 11.5. The molecule has 1 aromatic carbocycles. The van der Waals surface area contributed by atoms with E-state index >= 15 is 0 Å². The fraction of sp³-hybridized carbons (Fsp3) is 0.316. The summed E-state index contributed by atoms with van der Waals surface area (Å²) in [5.41, 5.74) is 1.33. The van der Waals surface area contributed by atoms with E-state index in [4.69, 9.17) is 11.6 Å². The van der Waals surface area contributed by atoms with Crippen molar-refractivity contribution in [3.8, 4) is 0 Å². The zero-order chi connectivity index (χ0) is 21.5. The molecular weight excluding hydrogens is 433 g/mol. The minimum Gasteiger partial charge on any atom is -0.320 e. The topological polar surface area (TPSA) is 117 Å². The number of anilines is 2. The minimum atomic E-state index is -3.66. The van der Waals surface area contributed by atoms with Crippen molar-refractivity contribution >= 4 is 49.9 Å². The molecule has 3 aromatic rings. The van der Waals surface area contributed by atoms with Crippen LogP contribution in [0.5, 0.6) is 0 Å². The molecule has 1 aliphatic rings. The third-order valence-corrected chi connectivity index (χ3v) is 6.59. The number of benzene rings is 1. The Labute approximate surface area is 177 Å². The number of hydrogen-bond donors (Lipinski definition) is 3. The summed E-state index contributed by atoms with van der Waals surface area (Å²) in [6.07, 6.45) is 3.93. The number of hydrogen-bond acceptors (Lipinski definition) is 5. The van der Waals surface area contributed by atoms with E-state index in [-0.39, 0.29) is 16.5 Å². The lowest BCUT2D eigenvalue weighted by molar-refractivity contribution is 0.102. The molecule has 0 atom stereocenters. The van der Waals surface area contributed by atoms with Gasteiger partial charge in [-0.3, -0.25) is 14.6 Å². The molecule has 0 radical (unpaired) electrons. The summed E-state index contributed by atoms with van der Waals surface area (Å²) < 4.78 is 40.7. The summed E-state index contributed by atoms with van der Waals surface area (Å²) in [5, 5.41) is 10.2. The van der Waals surface area contributed by atoms with Crippen LogP contribution in [0.2, 0.25) is 5.02 Å². The van der Waals surface area contributed by atoms with Crippen molar-refractivity contribution in [3.05, 3.63) is 46.5 Å². The molecule has 1 fully saturated rings. The van der Waals surface area contributed by atoms with E-state index in [0.717, 1.165) is 30.0 Å². The highest BCUT2D eigenvalue weighted by Gasteiger charge is 2.28. The highest BCUT2D eigenvalue weighted by molar-refractivity contribution is 7.92. The average Bonchev–Trinajstić information content (AvgIpc) is 3.43. The van der Waals surface area contributed by atoms with Gasteiger partial charge in [-0.15, -0.1) is 0 Å². The molecule has 0 spiro atoms. The van der Waals surface area contributed by atoms with Crippen molar-refractivity contribution < 1.29 is 17.6 Å². The summed E-state index contributed by atoms with van der Waals surface area (Å²) >= 11 is 6.18. The second-order valence-corrected chi connectivity index (χ2v) is 9.38. The molecule has 2 heterocycles. The normalized spacial score (nSPS) is 14.1. The van der Waals surface area contributed by atoms with Crippen LogP contribution in [0.15, 0.2) is 24.4 Å². The van der Waals surface area contributed by atoms with E-state index in [1.54, 1.807) is 13.0 Å². The van der Waals surface area contributed by atoms with Crippen molar-refractivity contribution in [2.45, 2.75) is 32.1 Å². The number of amides is 1. The van der Waals surface area contributed by atoms with Gasteiger partial charge in [0.15, 0.2) is 5.65 Å². The van der Waals surface area contributed by atoms with Gasteiger partial charge < -0.3 is 5.32 Å². The van der Waals surface area contributed by atoms with Gasteiger partial charge in [-0.25, -0.2) is 17.8 Å². The van der Waals surface area contributed by atoms with E-state index in [1.165, 1.54) is 12.3 Å². The average molecular weight is 452 g/mol. The summed E-state index contributed by atoms with van der Waals surface area (Å²) in [6.45, 7) is 1.71. The summed E-state index contributed by atoms with van der Waals surface area (Å²) in [6, 6.07) is 3.90. The van der Waals surface area contributed by atoms with Gasteiger partial charge in [0, 0.05) is 11.3 Å². The Morgan fingerprint density at radius 2 is 2.13 bits per heavy atom. The molecular formula is C19H19ClFN5O3S. The van der Waals surface area contributed by atoms with E-state index in [2.05, 4.69) is 25.2 Å². The van der Waals surface area contributed by atoms with Crippen LogP contribution in [0, 0.1) is 5.82 Å². The number of nitrogens with zero attached hydrogens (tertiary/aromatic N) is 2. The highest BCUT2D eigenvalue weighted by Crippen LogP contribution is 2.42. The first kappa shape index (κ1) is 20.5. The highest BCUT2D eigenvalue weighted by atomic mass is 35.5. The number of carbonyl (C=O) groups is 1. The number of fused-ring (bicyclic) bond motifs is 1. The maximum absolute atomic E-state index is 14.4. The van der Waals surface area contributed by atoms with Crippen LogP contribution < -0.4 is 10.0 Å². The lowest BCUT2D eigenvalue weighted by atomic mass is 10.1. The van der Waals surface area contributed by atoms with Gasteiger partial charge in [0.25, 0.3) is 5.91 Å². The van der Waals surface area contributed by atoms with Gasteiger partial charge >= 0.3 is 0 Å². The number of nitrogens with one attached hydrogen (secondary N) is 3. The molecule has 1 saturated carbocycles. The van der Waals surface area contributed by atoms with E-state index in [9.17, 15) is 17.6 Å². The third kappa shape index (κ3) is 4.10. The van der Waals surface area contributed by atoms with Gasteiger partial charge in [-0.2, -0.15) is 5.10 Å². The first-order valence-electron chi connectivity index (χ1n) is 9.43. The quantitative estimate of drug-likeness (QED) is 0.501. The number of aromatic amines is 1. The first-order chi connectivity index (χ1) is 14.3. The van der Waals surface area contributed by atoms with Crippen molar-refractivity contribution in [1.82, 2.24) is 15.2 Å². The van der Waals surface area contributed by atoms with Crippen molar-refractivity contribution in [2.75, 3.05) is 15.8 Å². The molecule has 0 aliphatic heterocycles. The number of pyridine rings is 1. The minimum absolute atomic E-state index is 0.0592. The largest absolute Gasteiger partial charge is 0.320 e. The summed E-state index contributed by atoms with van der Waals surface area (Å²) in [7, 11) is -3.66. The number of halogens is 2. The molecule has 158 valence electrons. The van der Waals surface area contributed by atoms with Gasteiger partial charge in [0.05, 0.1) is 39.6 Å². The zero-order valence-electron chi connectivity index (χ0n) is 16.0. The summed E-state index contributed by atoms with van der Waals surface area (Å²) in [4.78, 5) is 17.0. The SMILES string of the molecule is CCCS(=O)(=O)Nc1ccc(F)c(C(=O)Nc2cnc3[nH]nc(C4CC4)c3c2)c1Cl. The fourth-order valence-corrected chi connectivity index (χ4v) is 4.67. The number of carbonyl (C=O) groups excluding carboxylic acids is 1. The van der Waals surface area contributed by atoms with Crippen LogP contribution in [-0.2, 0) is 10.0 Å². The molecule has 0 unspecified atom stereocenters. The fourth-order valence-electron chi connectivity index (χ4n) is 3.18. The Kier molecular flexibility index (Phi) is 5.37. The van der Waals surface area contributed by atoms with E-state index < -0.39 is 27.3 Å². The second-order valence-electron chi connectivity index (χ2n) is 7.16. The second kappa shape index (κ2) is 7.84.